The van der Waals surface area contributed by atoms with Crippen molar-refractivity contribution in [2.24, 2.45) is 0 Å². The summed E-state index contributed by atoms with van der Waals surface area (Å²) in [4.78, 5) is 33.3. The number of ether oxygens (including phenoxy) is 2. The molecule has 0 aliphatic rings. The molecule has 0 radical (unpaired) electrons. The van der Waals surface area contributed by atoms with Crippen LogP contribution in [0.4, 0.5) is 17.1 Å². The lowest BCUT2D eigenvalue weighted by Gasteiger charge is -2.07. The number of hydrogen-bond acceptors (Lipinski definition) is 8. The smallest absolute Gasteiger partial charge is 0.291 e. The van der Waals surface area contributed by atoms with Crippen molar-refractivity contribution >= 4 is 23.0 Å². The molecule has 0 saturated heterocycles. The number of anilines is 1. The first-order valence-corrected chi connectivity index (χ1v) is 9.47. The van der Waals surface area contributed by atoms with Gasteiger partial charge in [0.05, 0.1) is 22.1 Å². The minimum absolute atomic E-state index is 0.0583. The van der Waals surface area contributed by atoms with E-state index in [1.807, 2.05) is 6.92 Å². The highest BCUT2D eigenvalue weighted by Crippen LogP contribution is 2.32. The third-order valence-corrected chi connectivity index (χ3v) is 4.41. The van der Waals surface area contributed by atoms with Gasteiger partial charge in [0.25, 0.3) is 17.3 Å². The van der Waals surface area contributed by atoms with Crippen LogP contribution in [0, 0.1) is 27.2 Å². The number of nitrogens with one attached hydrogen (secondary N) is 1. The highest BCUT2D eigenvalue weighted by atomic mass is 16.6. The van der Waals surface area contributed by atoms with Crippen LogP contribution in [0.3, 0.4) is 0 Å². The van der Waals surface area contributed by atoms with Gasteiger partial charge in [-0.2, -0.15) is 0 Å². The summed E-state index contributed by atoms with van der Waals surface area (Å²) in [6.45, 7) is 3.77. The second-order valence-corrected chi connectivity index (χ2v) is 6.57. The summed E-state index contributed by atoms with van der Waals surface area (Å²) in [5.41, 5.74) is -1.15. The lowest BCUT2D eigenvalue weighted by molar-refractivity contribution is -0.395. The SMILES string of the molecule is CCOc1ccc(OCc2ccc(C(=O)Nc3cc([N+](=O)[O-])c(C)c([N+](=O)[O-])c3)o2)cc1. The van der Waals surface area contributed by atoms with Crippen LogP contribution in [-0.4, -0.2) is 22.4 Å². The molecule has 0 unspecified atom stereocenters. The zero-order valence-corrected chi connectivity index (χ0v) is 17.2. The van der Waals surface area contributed by atoms with E-state index in [1.54, 1.807) is 30.3 Å². The molecular weight excluding hydrogens is 422 g/mol. The molecule has 11 heteroatoms. The van der Waals surface area contributed by atoms with Crippen molar-refractivity contribution in [1.82, 2.24) is 0 Å². The number of amides is 1. The van der Waals surface area contributed by atoms with Gasteiger partial charge in [-0.25, -0.2) is 0 Å². The normalized spacial score (nSPS) is 10.4. The van der Waals surface area contributed by atoms with E-state index in [-0.39, 0.29) is 23.6 Å². The fourth-order valence-corrected chi connectivity index (χ4v) is 2.86. The molecule has 1 amide bonds. The van der Waals surface area contributed by atoms with Crippen molar-refractivity contribution in [2.75, 3.05) is 11.9 Å². The molecule has 0 bridgehead atoms. The van der Waals surface area contributed by atoms with Gasteiger partial charge in [0.2, 0.25) is 0 Å². The Bertz CT molecular complexity index is 1120. The Hall–Kier alpha value is -4.41. The summed E-state index contributed by atoms with van der Waals surface area (Å²) in [5.74, 6) is 0.861. The van der Waals surface area contributed by atoms with Crippen molar-refractivity contribution < 1.29 is 28.5 Å². The van der Waals surface area contributed by atoms with E-state index >= 15 is 0 Å². The molecule has 2 aromatic carbocycles. The molecule has 166 valence electrons. The van der Waals surface area contributed by atoms with Crippen LogP contribution < -0.4 is 14.8 Å². The van der Waals surface area contributed by atoms with Crippen molar-refractivity contribution in [3.8, 4) is 11.5 Å². The fourth-order valence-electron chi connectivity index (χ4n) is 2.86. The van der Waals surface area contributed by atoms with Gasteiger partial charge >= 0.3 is 0 Å². The van der Waals surface area contributed by atoms with Gasteiger partial charge in [-0.15, -0.1) is 0 Å². The van der Waals surface area contributed by atoms with Crippen molar-refractivity contribution in [2.45, 2.75) is 20.5 Å². The molecule has 32 heavy (non-hydrogen) atoms. The summed E-state index contributed by atoms with van der Waals surface area (Å²) < 4.78 is 16.4. The van der Waals surface area contributed by atoms with Gasteiger partial charge in [-0.05, 0) is 50.2 Å². The molecule has 1 aromatic heterocycles. The monoisotopic (exact) mass is 441 g/mol. The molecule has 0 atom stereocenters. The number of nitro benzene ring substituents is 2. The van der Waals surface area contributed by atoms with E-state index in [9.17, 15) is 25.0 Å². The molecule has 0 aliphatic heterocycles. The molecule has 0 spiro atoms. The van der Waals surface area contributed by atoms with Gasteiger partial charge in [0.1, 0.15) is 29.4 Å². The van der Waals surface area contributed by atoms with E-state index in [4.69, 9.17) is 13.9 Å². The summed E-state index contributed by atoms with van der Waals surface area (Å²) in [6, 6.07) is 12.1. The maximum Gasteiger partial charge on any atom is 0.291 e. The second kappa shape index (κ2) is 9.60. The number of rotatable bonds is 9. The van der Waals surface area contributed by atoms with Crippen LogP contribution in [0.2, 0.25) is 0 Å². The Morgan fingerprint density at radius 3 is 2.06 bits per heavy atom. The summed E-state index contributed by atoms with van der Waals surface area (Å²) >= 11 is 0. The first-order chi connectivity index (χ1) is 15.3. The maximum absolute atomic E-state index is 12.4. The molecule has 11 nitrogen and oxygen atoms in total. The number of benzene rings is 2. The predicted molar refractivity (Wildman–Crippen MR) is 113 cm³/mol. The Morgan fingerprint density at radius 1 is 0.969 bits per heavy atom. The zero-order chi connectivity index (χ0) is 23.3. The molecule has 0 fully saturated rings. The summed E-state index contributed by atoms with van der Waals surface area (Å²) in [5, 5.41) is 24.7. The standard InChI is InChI=1S/C21H19N3O8/c1-3-30-15-4-6-16(7-5-15)31-12-17-8-9-20(32-17)21(25)22-14-10-18(23(26)27)13(2)19(11-14)24(28)29/h4-11H,3,12H2,1-2H3,(H,22,25). The number of nitro groups is 2. The number of furan rings is 1. The van der Waals surface area contributed by atoms with Crippen LogP contribution in [0.1, 0.15) is 28.8 Å². The number of carbonyl (C=O) groups is 1. The topological polar surface area (TPSA) is 147 Å². The van der Waals surface area contributed by atoms with Gasteiger partial charge in [-0.3, -0.25) is 25.0 Å². The van der Waals surface area contributed by atoms with E-state index in [2.05, 4.69) is 5.32 Å². The van der Waals surface area contributed by atoms with Crippen LogP contribution in [0.25, 0.3) is 0 Å². The lowest BCUT2D eigenvalue weighted by atomic mass is 10.1. The van der Waals surface area contributed by atoms with E-state index < -0.39 is 27.1 Å². The highest BCUT2D eigenvalue weighted by Gasteiger charge is 2.24. The lowest BCUT2D eigenvalue weighted by Crippen LogP contribution is -2.12. The maximum atomic E-state index is 12.4. The minimum Gasteiger partial charge on any atom is -0.494 e. The average Bonchev–Trinajstić information content (AvgIpc) is 3.23. The van der Waals surface area contributed by atoms with Gasteiger partial charge in [0.15, 0.2) is 5.76 Å². The van der Waals surface area contributed by atoms with E-state index in [1.165, 1.54) is 13.0 Å². The van der Waals surface area contributed by atoms with Crippen molar-refractivity contribution in [3.05, 3.63) is 85.8 Å². The molecular formula is C21H19N3O8. The molecule has 3 aromatic rings. The predicted octanol–water partition coefficient (Wildman–Crippen LogP) is 4.63. The zero-order valence-electron chi connectivity index (χ0n) is 17.2. The quantitative estimate of drug-likeness (QED) is 0.373. The Morgan fingerprint density at radius 2 is 1.53 bits per heavy atom. The largest absolute Gasteiger partial charge is 0.494 e. The van der Waals surface area contributed by atoms with Gasteiger partial charge in [-0.1, -0.05) is 0 Å². The highest BCUT2D eigenvalue weighted by molar-refractivity contribution is 6.02. The molecule has 1 N–H and O–H groups in total. The first-order valence-electron chi connectivity index (χ1n) is 9.47. The minimum atomic E-state index is -0.749. The first kappa shape index (κ1) is 22.3. The average molecular weight is 441 g/mol. The van der Waals surface area contributed by atoms with Crippen LogP contribution in [0.5, 0.6) is 11.5 Å². The van der Waals surface area contributed by atoms with Crippen LogP contribution in [0.15, 0.2) is 52.9 Å². The molecule has 0 saturated carbocycles. The van der Waals surface area contributed by atoms with Gasteiger partial charge in [0, 0.05) is 12.1 Å². The third kappa shape index (κ3) is 5.19. The Balaban J connectivity index is 1.68. The van der Waals surface area contributed by atoms with Crippen molar-refractivity contribution in [3.63, 3.8) is 0 Å². The van der Waals surface area contributed by atoms with E-state index in [0.29, 0.717) is 23.9 Å². The van der Waals surface area contributed by atoms with Crippen LogP contribution in [-0.2, 0) is 6.61 Å². The third-order valence-electron chi connectivity index (χ3n) is 4.41. The molecule has 0 aliphatic carbocycles. The summed E-state index contributed by atoms with van der Waals surface area (Å²) in [7, 11) is 0. The van der Waals surface area contributed by atoms with Crippen LogP contribution >= 0.6 is 0 Å². The summed E-state index contributed by atoms with van der Waals surface area (Å²) in [6.07, 6.45) is 0. The van der Waals surface area contributed by atoms with Gasteiger partial charge < -0.3 is 19.2 Å². The second-order valence-electron chi connectivity index (χ2n) is 6.57. The number of hydrogen-bond donors (Lipinski definition) is 1. The fraction of sp³-hybridized carbons (Fsp3) is 0.190. The number of nitrogens with zero attached hydrogens (tertiary/aromatic N) is 2. The number of carbonyl (C=O) groups excluding carboxylic acids is 1. The Kier molecular flexibility index (Phi) is 6.68. The van der Waals surface area contributed by atoms with E-state index in [0.717, 1.165) is 12.1 Å². The Labute approximate surface area is 181 Å². The van der Waals surface area contributed by atoms with Crippen molar-refractivity contribution in [1.29, 1.82) is 0 Å². The molecule has 1 heterocycles. The molecule has 3 rings (SSSR count).